The molecule has 27 heavy (non-hydrogen) atoms. The van der Waals surface area contributed by atoms with Crippen molar-refractivity contribution in [3.63, 3.8) is 0 Å². The summed E-state index contributed by atoms with van der Waals surface area (Å²) in [6.07, 6.45) is 4.27. The van der Waals surface area contributed by atoms with Gasteiger partial charge in [-0.3, -0.25) is 14.4 Å². The maximum absolute atomic E-state index is 12.7. The molecule has 2 heterocycles. The van der Waals surface area contributed by atoms with Crippen molar-refractivity contribution in [1.82, 2.24) is 9.80 Å². The minimum Gasteiger partial charge on any atom is -0.482 e. The van der Waals surface area contributed by atoms with E-state index >= 15 is 0 Å². The summed E-state index contributed by atoms with van der Waals surface area (Å²) in [7, 11) is 0. The maximum Gasteiger partial charge on any atom is 0.262 e. The Morgan fingerprint density at radius 2 is 1.85 bits per heavy atom. The first-order valence-electron chi connectivity index (χ1n) is 9.72. The number of carbonyl (C=O) groups is 3. The smallest absolute Gasteiger partial charge is 0.262 e. The van der Waals surface area contributed by atoms with E-state index in [-0.39, 0.29) is 36.7 Å². The van der Waals surface area contributed by atoms with E-state index in [2.05, 4.69) is 5.32 Å². The summed E-state index contributed by atoms with van der Waals surface area (Å²) in [4.78, 5) is 40.4. The third-order valence-corrected chi connectivity index (χ3v) is 5.65. The van der Waals surface area contributed by atoms with Crippen molar-refractivity contribution in [2.75, 3.05) is 38.1 Å². The molecular weight excluding hydrogens is 346 g/mol. The molecule has 1 N–H and O–H groups in total. The Morgan fingerprint density at radius 1 is 1.07 bits per heavy atom. The van der Waals surface area contributed by atoms with Crippen molar-refractivity contribution in [2.45, 2.75) is 32.1 Å². The molecule has 3 aliphatic rings. The number of amides is 3. The summed E-state index contributed by atoms with van der Waals surface area (Å²) < 4.78 is 5.35. The van der Waals surface area contributed by atoms with Crippen LogP contribution in [0.1, 0.15) is 31.2 Å². The van der Waals surface area contributed by atoms with E-state index < -0.39 is 0 Å². The fourth-order valence-electron chi connectivity index (χ4n) is 3.83. The van der Waals surface area contributed by atoms with Gasteiger partial charge in [-0.1, -0.05) is 12.5 Å². The molecule has 7 heteroatoms. The van der Waals surface area contributed by atoms with Crippen LogP contribution in [0.25, 0.3) is 0 Å². The lowest BCUT2D eigenvalue weighted by atomic mass is 9.84. The number of ether oxygens (including phenoxy) is 1. The van der Waals surface area contributed by atoms with Gasteiger partial charge in [-0.2, -0.15) is 0 Å². The highest BCUT2D eigenvalue weighted by molar-refractivity contribution is 5.95. The van der Waals surface area contributed by atoms with E-state index in [1.807, 2.05) is 15.9 Å². The van der Waals surface area contributed by atoms with Crippen molar-refractivity contribution in [2.24, 2.45) is 5.92 Å². The van der Waals surface area contributed by atoms with Gasteiger partial charge in [-0.05, 0) is 37.0 Å². The van der Waals surface area contributed by atoms with Gasteiger partial charge in [0.1, 0.15) is 5.75 Å². The van der Waals surface area contributed by atoms with E-state index in [1.54, 1.807) is 12.1 Å². The zero-order valence-corrected chi connectivity index (χ0v) is 15.4. The lowest BCUT2D eigenvalue weighted by Crippen LogP contribution is -2.41. The average Bonchev–Trinajstić information content (AvgIpc) is 2.86. The molecule has 0 aromatic heterocycles. The molecule has 0 spiro atoms. The van der Waals surface area contributed by atoms with Crippen molar-refractivity contribution in [3.05, 3.63) is 23.8 Å². The van der Waals surface area contributed by atoms with Gasteiger partial charge in [0, 0.05) is 32.1 Å². The van der Waals surface area contributed by atoms with E-state index in [0.29, 0.717) is 31.1 Å². The molecule has 7 nitrogen and oxygen atoms in total. The van der Waals surface area contributed by atoms with Gasteiger partial charge < -0.3 is 19.9 Å². The first kappa shape index (κ1) is 17.8. The molecule has 0 bridgehead atoms. The Labute approximate surface area is 158 Å². The van der Waals surface area contributed by atoms with Crippen LogP contribution in [-0.2, 0) is 20.8 Å². The number of anilines is 1. The van der Waals surface area contributed by atoms with Gasteiger partial charge in [0.2, 0.25) is 11.8 Å². The van der Waals surface area contributed by atoms with E-state index in [9.17, 15) is 14.4 Å². The highest BCUT2D eigenvalue weighted by atomic mass is 16.5. The molecule has 2 fully saturated rings. The minimum atomic E-state index is -0.185. The molecule has 2 aliphatic heterocycles. The lowest BCUT2D eigenvalue weighted by Gasteiger charge is -2.31. The lowest BCUT2D eigenvalue weighted by molar-refractivity contribution is -0.138. The Kier molecular flexibility index (Phi) is 5.01. The molecule has 1 saturated carbocycles. The van der Waals surface area contributed by atoms with E-state index in [0.717, 1.165) is 37.8 Å². The summed E-state index contributed by atoms with van der Waals surface area (Å²) in [6, 6.07) is 5.45. The zero-order valence-electron chi connectivity index (χ0n) is 15.4. The number of nitrogens with one attached hydrogen (secondary N) is 1. The van der Waals surface area contributed by atoms with E-state index in [4.69, 9.17) is 4.74 Å². The monoisotopic (exact) mass is 371 g/mol. The molecule has 1 aromatic carbocycles. The molecule has 1 saturated heterocycles. The number of hydrogen-bond donors (Lipinski definition) is 1. The molecule has 0 atom stereocenters. The van der Waals surface area contributed by atoms with Gasteiger partial charge in [0.15, 0.2) is 6.61 Å². The van der Waals surface area contributed by atoms with Crippen LogP contribution in [0, 0.1) is 5.92 Å². The predicted octanol–water partition coefficient (Wildman–Crippen LogP) is 1.42. The third kappa shape index (κ3) is 3.91. The number of benzene rings is 1. The molecule has 0 radical (unpaired) electrons. The molecule has 0 unspecified atom stereocenters. The van der Waals surface area contributed by atoms with Gasteiger partial charge in [-0.25, -0.2) is 0 Å². The predicted molar refractivity (Wildman–Crippen MR) is 99.4 cm³/mol. The first-order chi connectivity index (χ1) is 13.1. The number of carbonyl (C=O) groups excluding carboxylic acids is 3. The summed E-state index contributed by atoms with van der Waals surface area (Å²) in [5, 5.41) is 2.77. The normalized spacial score (nSPS) is 20.1. The number of rotatable bonds is 3. The number of hydrogen-bond acceptors (Lipinski definition) is 4. The third-order valence-electron chi connectivity index (χ3n) is 5.65. The second kappa shape index (κ2) is 7.58. The summed E-state index contributed by atoms with van der Waals surface area (Å²) in [5.74, 6) is 0.970. The fourth-order valence-corrected chi connectivity index (χ4v) is 3.83. The Morgan fingerprint density at radius 3 is 2.63 bits per heavy atom. The largest absolute Gasteiger partial charge is 0.482 e. The second-order valence-electron chi connectivity index (χ2n) is 7.53. The quantitative estimate of drug-likeness (QED) is 0.872. The Balaban J connectivity index is 1.35. The SMILES string of the molecule is O=C1COc2ccc(CC(=O)N3CCCN(C(=O)C4CCC4)CC3)cc2N1. The van der Waals surface area contributed by atoms with Gasteiger partial charge in [0.05, 0.1) is 12.1 Å². The molecule has 1 aromatic rings. The van der Waals surface area contributed by atoms with Crippen LogP contribution >= 0.6 is 0 Å². The van der Waals surface area contributed by atoms with Gasteiger partial charge in [0.25, 0.3) is 5.91 Å². The highest BCUT2D eigenvalue weighted by Gasteiger charge is 2.31. The van der Waals surface area contributed by atoms with Gasteiger partial charge in [-0.15, -0.1) is 0 Å². The number of fused-ring (bicyclic) bond motifs is 1. The van der Waals surface area contributed by atoms with E-state index in [1.165, 1.54) is 0 Å². The molecule has 144 valence electrons. The van der Waals surface area contributed by atoms with Crippen LogP contribution in [0.5, 0.6) is 5.75 Å². The average molecular weight is 371 g/mol. The molecular formula is C20H25N3O4. The number of nitrogens with zero attached hydrogens (tertiary/aromatic N) is 2. The fraction of sp³-hybridized carbons (Fsp3) is 0.550. The molecule has 3 amide bonds. The van der Waals surface area contributed by atoms with Crippen LogP contribution in [0.4, 0.5) is 5.69 Å². The van der Waals surface area contributed by atoms with Crippen molar-refractivity contribution >= 4 is 23.4 Å². The first-order valence-corrected chi connectivity index (χ1v) is 9.72. The van der Waals surface area contributed by atoms with Crippen molar-refractivity contribution in [1.29, 1.82) is 0 Å². The molecule has 4 rings (SSSR count). The Hall–Kier alpha value is -2.57. The maximum atomic E-state index is 12.7. The van der Waals surface area contributed by atoms with Crippen LogP contribution < -0.4 is 10.1 Å². The van der Waals surface area contributed by atoms with Crippen LogP contribution in [-0.4, -0.2) is 60.3 Å². The topological polar surface area (TPSA) is 79.0 Å². The summed E-state index contributed by atoms with van der Waals surface area (Å²) in [6.45, 7) is 2.64. The van der Waals surface area contributed by atoms with Crippen molar-refractivity contribution in [3.8, 4) is 5.75 Å². The zero-order chi connectivity index (χ0) is 18.8. The molecule has 1 aliphatic carbocycles. The Bertz CT molecular complexity index is 760. The van der Waals surface area contributed by atoms with Crippen LogP contribution in [0.2, 0.25) is 0 Å². The summed E-state index contributed by atoms with van der Waals surface area (Å²) in [5.41, 5.74) is 1.46. The van der Waals surface area contributed by atoms with Gasteiger partial charge >= 0.3 is 0 Å². The highest BCUT2D eigenvalue weighted by Crippen LogP contribution is 2.29. The summed E-state index contributed by atoms with van der Waals surface area (Å²) >= 11 is 0. The minimum absolute atomic E-state index is 0.0229. The van der Waals surface area contributed by atoms with Crippen molar-refractivity contribution < 1.29 is 19.1 Å². The van der Waals surface area contributed by atoms with Crippen LogP contribution in [0.3, 0.4) is 0 Å². The standard InChI is InChI=1S/C20H25N3O4/c24-18-13-27-17-6-5-14(11-16(17)21-18)12-19(25)22-7-2-8-23(10-9-22)20(26)15-3-1-4-15/h5-6,11,15H,1-4,7-10,12-13H2,(H,21,24). The van der Waals surface area contributed by atoms with Crippen LogP contribution in [0.15, 0.2) is 18.2 Å². The second-order valence-corrected chi connectivity index (χ2v) is 7.53.